The van der Waals surface area contributed by atoms with Crippen LogP contribution in [0.5, 0.6) is 5.75 Å². The molecule has 2 aromatic rings. The maximum Gasteiger partial charge on any atom is 0.143 e. The third kappa shape index (κ3) is 2.25. The molecule has 18 heavy (non-hydrogen) atoms. The lowest BCUT2D eigenvalue weighted by Crippen LogP contribution is -2.07. The summed E-state index contributed by atoms with van der Waals surface area (Å²) in [7, 11) is 3.39. The molecular weight excluding hydrogens is 230 g/mol. The molecule has 6 nitrogen and oxygen atoms in total. The molecular formula is C12H13N5O. The Balaban J connectivity index is 2.23. The molecule has 0 aliphatic rings. The first-order valence-electron chi connectivity index (χ1n) is 5.40. The van der Waals surface area contributed by atoms with Gasteiger partial charge in [0.15, 0.2) is 0 Å². The Labute approximate surface area is 105 Å². The van der Waals surface area contributed by atoms with E-state index in [2.05, 4.69) is 21.7 Å². The van der Waals surface area contributed by atoms with Crippen LogP contribution >= 0.6 is 0 Å². The minimum Gasteiger partial charge on any atom is -0.495 e. The van der Waals surface area contributed by atoms with E-state index in [1.807, 2.05) is 13.1 Å². The van der Waals surface area contributed by atoms with E-state index >= 15 is 0 Å². The second-order valence-electron chi connectivity index (χ2n) is 3.70. The molecule has 6 heteroatoms. The summed E-state index contributed by atoms with van der Waals surface area (Å²) in [5, 5.41) is 19.9. The average Bonchev–Trinajstić information content (AvgIpc) is 2.81. The van der Waals surface area contributed by atoms with E-state index in [0.717, 1.165) is 5.69 Å². The van der Waals surface area contributed by atoms with Crippen molar-refractivity contribution in [2.75, 3.05) is 12.4 Å². The van der Waals surface area contributed by atoms with Crippen LogP contribution in [0.15, 0.2) is 24.4 Å². The van der Waals surface area contributed by atoms with Crippen molar-refractivity contribution in [2.24, 2.45) is 7.05 Å². The zero-order valence-electron chi connectivity index (χ0n) is 10.2. The fraction of sp³-hybridized carbons (Fsp3) is 0.250. The van der Waals surface area contributed by atoms with E-state index in [-0.39, 0.29) is 0 Å². The Morgan fingerprint density at radius 1 is 1.50 bits per heavy atom. The van der Waals surface area contributed by atoms with Gasteiger partial charge in [-0.1, -0.05) is 11.3 Å². The topological polar surface area (TPSA) is 75.8 Å². The standard InChI is InChI=1S/C12H13N5O/c1-17-10(8-15-16-17)7-14-12-9(6-13)4-3-5-11(12)18-2/h3-5,8,14H,7H2,1-2H3. The highest BCUT2D eigenvalue weighted by atomic mass is 16.5. The normalized spacial score (nSPS) is 9.83. The van der Waals surface area contributed by atoms with Crippen molar-refractivity contribution < 1.29 is 4.74 Å². The lowest BCUT2D eigenvalue weighted by Gasteiger charge is -2.12. The van der Waals surface area contributed by atoms with E-state index < -0.39 is 0 Å². The molecule has 0 spiro atoms. The van der Waals surface area contributed by atoms with Gasteiger partial charge in [0.2, 0.25) is 0 Å². The van der Waals surface area contributed by atoms with Crippen LogP contribution in [0.1, 0.15) is 11.3 Å². The number of aryl methyl sites for hydroxylation is 1. The Kier molecular flexibility index (Phi) is 3.44. The summed E-state index contributed by atoms with van der Waals surface area (Å²) in [4.78, 5) is 0. The van der Waals surface area contributed by atoms with Gasteiger partial charge in [0.1, 0.15) is 11.8 Å². The van der Waals surface area contributed by atoms with E-state index in [1.165, 1.54) is 0 Å². The first-order chi connectivity index (χ1) is 8.76. The van der Waals surface area contributed by atoms with E-state index in [0.29, 0.717) is 23.5 Å². The third-order valence-corrected chi connectivity index (χ3v) is 2.62. The second kappa shape index (κ2) is 5.19. The van der Waals surface area contributed by atoms with E-state index in [1.54, 1.807) is 30.1 Å². The predicted molar refractivity (Wildman–Crippen MR) is 66.0 cm³/mol. The van der Waals surface area contributed by atoms with Crippen LogP contribution in [0.4, 0.5) is 5.69 Å². The molecule has 0 aliphatic heterocycles. The SMILES string of the molecule is COc1cccc(C#N)c1NCc1cnnn1C. The van der Waals surface area contributed by atoms with Gasteiger partial charge in [0, 0.05) is 7.05 Å². The zero-order valence-corrected chi connectivity index (χ0v) is 10.2. The van der Waals surface area contributed by atoms with Crippen molar-refractivity contribution in [1.29, 1.82) is 5.26 Å². The van der Waals surface area contributed by atoms with Gasteiger partial charge in [-0.15, -0.1) is 5.10 Å². The summed E-state index contributed by atoms with van der Waals surface area (Å²) in [5.74, 6) is 0.643. The van der Waals surface area contributed by atoms with E-state index in [9.17, 15) is 0 Å². The molecule has 0 saturated carbocycles. The molecule has 2 rings (SSSR count). The monoisotopic (exact) mass is 243 g/mol. The minimum absolute atomic E-state index is 0.526. The molecule has 0 bridgehead atoms. The Morgan fingerprint density at radius 2 is 2.33 bits per heavy atom. The van der Waals surface area contributed by atoms with Gasteiger partial charge in [-0.3, -0.25) is 4.68 Å². The molecule has 0 radical (unpaired) electrons. The number of hydrogen-bond acceptors (Lipinski definition) is 5. The maximum absolute atomic E-state index is 9.07. The van der Waals surface area contributed by atoms with Crippen LogP contribution < -0.4 is 10.1 Å². The zero-order chi connectivity index (χ0) is 13.0. The number of aromatic nitrogens is 3. The highest BCUT2D eigenvalue weighted by molar-refractivity contribution is 5.66. The van der Waals surface area contributed by atoms with Crippen molar-refractivity contribution >= 4 is 5.69 Å². The van der Waals surface area contributed by atoms with Crippen molar-refractivity contribution in [2.45, 2.75) is 6.54 Å². The molecule has 1 heterocycles. The Bertz CT molecular complexity index is 584. The predicted octanol–water partition coefficient (Wildman–Crippen LogP) is 1.31. The highest BCUT2D eigenvalue weighted by Gasteiger charge is 2.09. The van der Waals surface area contributed by atoms with Crippen LogP contribution in [-0.2, 0) is 13.6 Å². The number of methoxy groups -OCH3 is 1. The van der Waals surface area contributed by atoms with Crippen LogP contribution in [0.2, 0.25) is 0 Å². The smallest absolute Gasteiger partial charge is 0.143 e. The summed E-state index contributed by atoms with van der Waals surface area (Å²) in [6.07, 6.45) is 1.68. The molecule has 1 N–H and O–H groups in total. The number of nitrogens with zero attached hydrogens (tertiary/aromatic N) is 4. The second-order valence-corrected chi connectivity index (χ2v) is 3.70. The highest BCUT2D eigenvalue weighted by Crippen LogP contribution is 2.28. The minimum atomic E-state index is 0.526. The van der Waals surface area contributed by atoms with Gasteiger partial charge >= 0.3 is 0 Å². The number of nitrogens with one attached hydrogen (secondary N) is 1. The summed E-state index contributed by atoms with van der Waals surface area (Å²) in [6.45, 7) is 0.526. The van der Waals surface area contributed by atoms with Crippen LogP contribution in [0.3, 0.4) is 0 Å². The first-order valence-corrected chi connectivity index (χ1v) is 5.40. The first kappa shape index (κ1) is 11.9. The summed E-state index contributed by atoms with van der Waals surface area (Å²) < 4.78 is 6.91. The molecule has 0 atom stereocenters. The van der Waals surface area contributed by atoms with Crippen LogP contribution in [0.25, 0.3) is 0 Å². The molecule has 0 amide bonds. The number of rotatable bonds is 4. The molecule has 0 fully saturated rings. The molecule has 0 unspecified atom stereocenters. The quantitative estimate of drug-likeness (QED) is 0.876. The van der Waals surface area contributed by atoms with Crippen molar-refractivity contribution in [3.8, 4) is 11.8 Å². The van der Waals surface area contributed by atoms with Crippen LogP contribution in [-0.4, -0.2) is 22.1 Å². The summed E-state index contributed by atoms with van der Waals surface area (Å²) >= 11 is 0. The number of nitriles is 1. The van der Waals surface area contributed by atoms with Crippen molar-refractivity contribution in [3.05, 3.63) is 35.7 Å². The third-order valence-electron chi connectivity index (χ3n) is 2.62. The van der Waals surface area contributed by atoms with Gasteiger partial charge in [-0.2, -0.15) is 5.26 Å². The number of hydrogen-bond donors (Lipinski definition) is 1. The lowest BCUT2D eigenvalue weighted by atomic mass is 10.1. The Morgan fingerprint density at radius 3 is 2.94 bits per heavy atom. The van der Waals surface area contributed by atoms with Gasteiger partial charge < -0.3 is 10.1 Å². The van der Waals surface area contributed by atoms with Crippen LogP contribution in [0, 0.1) is 11.3 Å². The molecule has 0 aliphatic carbocycles. The number of para-hydroxylation sites is 1. The van der Waals surface area contributed by atoms with Crippen molar-refractivity contribution in [3.63, 3.8) is 0 Å². The number of benzene rings is 1. The average molecular weight is 243 g/mol. The number of ether oxygens (including phenoxy) is 1. The fourth-order valence-electron chi connectivity index (χ4n) is 1.63. The maximum atomic E-state index is 9.07. The largest absolute Gasteiger partial charge is 0.495 e. The summed E-state index contributed by atoms with van der Waals surface area (Å²) in [6, 6.07) is 7.47. The molecule has 0 saturated heterocycles. The molecule has 92 valence electrons. The van der Waals surface area contributed by atoms with Gasteiger partial charge in [-0.25, -0.2) is 0 Å². The van der Waals surface area contributed by atoms with E-state index in [4.69, 9.17) is 10.00 Å². The summed E-state index contributed by atoms with van der Waals surface area (Å²) in [5.41, 5.74) is 2.15. The Hall–Kier alpha value is -2.55. The lowest BCUT2D eigenvalue weighted by molar-refractivity contribution is 0.416. The van der Waals surface area contributed by atoms with Gasteiger partial charge in [0.05, 0.1) is 36.8 Å². The van der Waals surface area contributed by atoms with Gasteiger partial charge in [-0.05, 0) is 12.1 Å². The molecule has 1 aromatic carbocycles. The fourth-order valence-corrected chi connectivity index (χ4v) is 1.63. The molecule has 1 aromatic heterocycles. The number of anilines is 1. The van der Waals surface area contributed by atoms with Crippen molar-refractivity contribution in [1.82, 2.24) is 15.0 Å². The van der Waals surface area contributed by atoms with Gasteiger partial charge in [0.25, 0.3) is 0 Å².